The fourth-order valence-electron chi connectivity index (χ4n) is 1.46. The molecule has 0 atom stereocenters. The lowest BCUT2D eigenvalue weighted by Crippen LogP contribution is -2.12. The maximum absolute atomic E-state index is 13.4. The van der Waals surface area contributed by atoms with Crippen LogP contribution in [0.2, 0.25) is 0 Å². The van der Waals surface area contributed by atoms with Gasteiger partial charge in [-0.15, -0.1) is 0 Å². The van der Waals surface area contributed by atoms with Gasteiger partial charge in [0.1, 0.15) is 12.0 Å². The highest BCUT2D eigenvalue weighted by molar-refractivity contribution is 5.91. The normalized spacial score (nSPS) is 10.2. The second kappa shape index (κ2) is 5.56. The first-order valence-corrected chi connectivity index (χ1v) is 5.44. The highest BCUT2D eigenvalue weighted by Crippen LogP contribution is 2.18. The zero-order valence-electron chi connectivity index (χ0n) is 9.90. The van der Waals surface area contributed by atoms with E-state index in [2.05, 4.69) is 0 Å². The molecular formula is C14H7F3O3. The van der Waals surface area contributed by atoms with E-state index in [1.54, 1.807) is 0 Å². The summed E-state index contributed by atoms with van der Waals surface area (Å²) in [6, 6.07) is 6.83. The fourth-order valence-corrected chi connectivity index (χ4v) is 1.46. The average Bonchev–Trinajstić information content (AvgIpc) is 2.45. The topological polar surface area (TPSA) is 43.4 Å². The molecule has 0 N–H and O–H groups in total. The van der Waals surface area contributed by atoms with Crippen molar-refractivity contribution in [3.8, 4) is 5.75 Å². The highest BCUT2D eigenvalue weighted by atomic mass is 19.2. The molecule has 0 unspecified atom stereocenters. The van der Waals surface area contributed by atoms with E-state index in [-0.39, 0.29) is 5.75 Å². The number of carbonyl (C=O) groups excluding carboxylic acids is 2. The number of halogens is 3. The number of rotatable bonds is 3. The SMILES string of the molecule is O=Cc1ccc(OC(=O)c2ccc(F)c(F)c2F)cc1. The quantitative estimate of drug-likeness (QED) is 0.375. The van der Waals surface area contributed by atoms with Gasteiger partial charge in [0.2, 0.25) is 0 Å². The molecule has 3 nitrogen and oxygen atoms in total. The minimum Gasteiger partial charge on any atom is -0.423 e. The molecule has 2 aromatic carbocycles. The summed E-state index contributed by atoms with van der Waals surface area (Å²) in [5, 5.41) is 0. The lowest BCUT2D eigenvalue weighted by Gasteiger charge is -2.06. The van der Waals surface area contributed by atoms with Crippen LogP contribution in [0.15, 0.2) is 36.4 Å². The molecule has 2 aromatic rings. The molecule has 102 valence electrons. The summed E-state index contributed by atoms with van der Waals surface area (Å²) in [5.41, 5.74) is -0.354. The Morgan fingerprint density at radius 1 is 0.950 bits per heavy atom. The molecule has 0 aliphatic rings. The monoisotopic (exact) mass is 280 g/mol. The van der Waals surface area contributed by atoms with Gasteiger partial charge in [-0.25, -0.2) is 18.0 Å². The van der Waals surface area contributed by atoms with Gasteiger partial charge in [-0.05, 0) is 36.4 Å². The smallest absolute Gasteiger partial charge is 0.346 e. The van der Waals surface area contributed by atoms with Crippen LogP contribution in [0.4, 0.5) is 13.2 Å². The van der Waals surface area contributed by atoms with E-state index in [1.165, 1.54) is 24.3 Å². The molecule has 0 aromatic heterocycles. The summed E-state index contributed by atoms with van der Waals surface area (Å²) < 4.78 is 43.9. The van der Waals surface area contributed by atoms with Crippen LogP contribution < -0.4 is 4.74 Å². The number of esters is 1. The first-order chi connectivity index (χ1) is 9.52. The number of ether oxygens (including phenoxy) is 1. The van der Waals surface area contributed by atoms with Crippen LogP contribution in [0.3, 0.4) is 0 Å². The van der Waals surface area contributed by atoms with Crippen molar-refractivity contribution in [2.45, 2.75) is 0 Å². The van der Waals surface area contributed by atoms with Gasteiger partial charge in [0, 0.05) is 5.56 Å². The van der Waals surface area contributed by atoms with Crippen LogP contribution in [0.5, 0.6) is 5.75 Å². The van der Waals surface area contributed by atoms with Crippen LogP contribution in [0, 0.1) is 17.5 Å². The fraction of sp³-hybridized carbons (Fsp3) is 0. The van der Waals surface area contributed by atoms with Crippen LogP contribution in [-0.4, -0.2) is 12.3 Å². The molecule has 0 fully saturated rings. The number of aldehydes is 1. The van der Waals surface area contributed by atoms with Gasteiger partial charge in [-0.3, -0.25) is 4.79 Å². The molecule has 2 rings (SSSR count). The van der Waals surface area contributed by atoms with Gasteiger partial charge in [-0.1, -0.05) is 0 Å². The summed E-state index contributed by atoms with van der Waals surface area (Å²) in [6.07, 6.45) is 0.598. The van der Waals surface area contributed by atoms with E-state index in [0.29, 0.717) is 17.9 Å². The first-order valence-electron chi connectivity index (χ1n) is 5.44. The molecule has 0 saturated heterocycles. The van der Waals surface area contributed by atoms with Crippen molar-refractivity contribution < 1.29 is 27.5 Å². The van der Waals surface area contributed by atoms with Gasteiger partial charge in [0.05, 0.1) is 5.56 Å². The van der Waals surface area contributed by atoms with Crippen LogP contribution in [0.25, 0.3) is 0 Å². The third-order valence-corrected chi connectivity index (χ3v) is 2.48. The van der Waals surface area contributed by atoms with Crippen molar-refractivity contribution in [3.63, 3.8) is 0 Å². The molecule has 0 radical (unpaired) electrons. The van der Waals surface area contributed by atoms with Crippen molar-refractivity contribution in [2.75, 3.05) is 0 Å². The van der Waals surface area contributed by atoms with E-state index in [0.717, 1.165) is 6.07 Å². The van der Waals surface area contributed by atoms with Crippen molar-refractivity contribution in [1.82, 2.24) is 0 Å². The van der Waals surface area contributed by atoms with Crippen molar-refractivity contribution >= 4 is 12.3 Å². The molecular weight excluding hydrogens is 273 g/mol. The second-order valence-electron chi connectivity index (χ2n) is 3.80. The molecule has 0 amide bonds. The average molecular weight is 280 g/mol. The van der Waals surface area contributed by atoms with Crippen LogP contribution in [0.1, 0.15) is 20.7 Å². The maximum atomic E-state index is 13.4. The molecule has 0 heterocycles. The Bertz CT molecular complexity index is 666. The molecule has 0 aliphatic heterocycles. The predicted molar refractivity (Wildman–Crippen MR) is 63.1 cm³/mol. The Labute approximate surface area is 111 Å². The highest BCUT2D eigenvalue weighted by Gasteiger charge is 2.20. The molecule has 20 heavy (non-hydrogen) atoms. The summed E-state index contributed by atoms with van der Waals surface area (Å²) in [6.45, 7) is 0. The lowest BCUT2D eigenvalue weighted by molar-refractivity contribution is 0.0728. The Hall–Kier alpha value is -2.63. The minimum atomic E-state index is -1.74. The van der Waals surface area contributed by atoms with Crippen molar-refractivity contribution in [1.29, 1.82) is 0 Å². The second-order valence-corrected chi connectivity index (χ2v) is 3.80. The largest absolute Gasteiger partial charge is 0.423 e. The van der Waals surface area contributed by atoms with Gasteiger partial charge in [0.15, 0.2) is 17.5 Å². The Kier molecular flexibility index (Phi) is 3.84. The number of carbonyl (C=O) groups is 2. The van der Waals surface area contributed by atoms with Gasteiger partial charge in [0.25, 0.3) is 0 Å². The Morgan fingerprint density at radius 3 is 2.20 bits per heavy atom. The Morgan fingerprint density at radius 2 is 1.60 bits per heavy atom. The van der Waals surface area contributed by atoms with Crippen LogP contribution >= 0.6 is 0 Å². The molecule has 0 aliphatic carbocycles. The van der Waals surface area contributed by atoms with E-state index in [9.17, 15) is 22.8 Å². The van der Waals surface area contributed by atoms with E-state index in [1.807, 2.05) is 0 Å². The third-order valence-electron chi connectivity index (χ3n) is 2.48. The Balaban J connectivity index is 2.23. The zero-order chi connectivity index (χ0) is 14.7. The van der Waals surface area contributed by atoms with Crippen LogP contribution in [-0.2, 0) is 0 Å². The zero-order valence-corrected chi connectivity index (χ0v) is 9.90. The predicted octanol–water partition coefficient (Wildman–Crippen LogP) is 3.14. The summed E-state index contributed by atoms with van der Waals surface area (Å²) in [4.78, 5) is 22.1. The minimum absolute atomic E-state index is 0.0460. The van der Waals surface area contributed by atoms with Gasteiger partial charge >= 0.3 is 5.97 Å². The van der Waals surface area contributed by atoms with Crippen molar-refractivity contribution in [3.05, 3.63) is 65.0 Å². The van der Waals surface area contributed by atoms with Crippen molar-refractivity contribution in [2.24, 2.45) is 0 Å². The number of hydrogen-bond acceptors (Lipinski definition) is 3. The summed E-state index contributed by atoms with van der Waals surface area (Å²) in [7, 11) is 0. The number of hydrogen-bond donors (Lipinski definition) is 0. The third kappa shape index (κ3) is 2.69. The number of benzene rings is 2. The standard InChI is InChI=1S/C14H7F3O3/c15-11-6-5-10(12(16)13(11)17)14(19)20-9-3-1-8(7-18)2-4-9/h1-7H. The van der Waals surface area contributed by atoms with E-state index >= 15 is 0 Å². The van der Waals surface area contributed by atoms with E-state index < -0.39 is 29.0 Å². The lowest BCUT2D eigenvalue weighted by atomic mass is 10.2. The maximum Gasteiger partial charge on any atom is 0.346 e. The summed E-state index contributed by atoms with van der Waals surface area (Å²) in [5.74, 6) is -5.87. The molecule has 0 bridgehead atoms. The summed E-state index contributed by atoms with van der Waals surface area (Å²) >= 11 is 0. The molecule has 6 heteroatoms. The van der Waals surface area contributed by atoms with Gasteiger partial charge < -0.3 is 4.74 Å². The molecule has 0 spiro atoms. The van der Waals surface area contributed by atoms with Gasteiger partial charge in [-0.2, -0.15) is 0 Å². The van der Waals surface area contributed by atoms with E-state index in [4.69, 9.17) is 4.74 Å². The molecule has 0 saturated carbocycles. The first kappa shape index (κ1) is 13.8.